The fraction of sp³-hybridized carbons (Fsp3) is 0.118. The first-order valence-electron chi connectivity index (χ1n) is 6.89. The number of urea groups is 1. The highest BCUT2D eigenvalue weighted by atomic mass is 16.2. The van der Waals surface area contributed by atoms with E-state index in [0.29, 0.717) is 0 Å². The predicted octanol–water partition coefficient (Wildman–Crippen LogP) is 2.97. The molecule has 0 aliphatic carbocycles. The zero-order valence-corrected chi connectivity index (χ0v) is 12.6. The van der Waals surface area contributed by atoms with Crippen molar-refractivity contribution in [3.63, 3.8) is 0 Å². The maximum absolute atomic E-state index is 11.5. The third kappa shape index (κ3) is 5.20. The van der Waals surface area contributed by atoms with Crippen molar-refractivity contribution in [2.75, 3.05) is 0 Å². The van der Waals surface area contributed by atoms with E-state index >= 15 is 0 Å². The summed E-state index contributed by atoms with van der Waals surface area (Å²) in [5.41, 5.74) is 8.86. The SMILES string of the molecule is Cc1ccc(/C=N\NC(=O)N/N=C/c2ccc(C)cc2)cc1. The summed E-state index contributed by atoms with van der Waals surface area (Å²) in [5, 5.41) is 7.70. The van der Waals surface area contributed by atoms with Gasteiger partial charge in [0.15, 0.2) is 0 Å². The third-order valence-corrected chi connectivity index (χ3v) is 2.91. The van der Waals surface area contributed by atoms with Crippen LogP contribution in [-0.2, 0) is 0 Å². The molecule has 2 aromatic rings. The van der Waals surface area contributed by atoms with Gasteiger partial charge in [0.25, 0.3) is 0 Å². The Hall–Kier alpha value is -2.95. The summed E-state index contributed by atoms with van der Waals surface area (Å²) in [6.07, 6.45) is 3.14. The van der Waals surface area contributed by atoms with Gasteiger partial charge in [-0.05, 0) is 25.0 Å². The Labute approximate surface area is 129 Å². The lowest BCUT2D eigenvalue weighted by Crippen LogP contribution is -2.28. The van der Waals surface area contributed by atoms with Gasteiger partial charge in [0, 0.05) is 0 Å². The van der Waals surface area contributed by atoms with Crippen LogP contribution in [0.4, 0.5) is 4.79 Å². The zero-order chi connectivity index (χ0) is 15.8. The minimum Gasteiger partial charge on any atom is -0.245 e. The van der Waals surface area contributed by atoms with E-state index in [4.69, 9.17) is 0 Å². The van der Waals surface area contributed by atoms with Crippen LogP contribution in [0.15, 0.2) is 58.7 Å². The molecule has 0 aromatic heterocycles. The Bertz CT molecular complexity index is 613. The van der Waals surface area contributed by atoms with Crippen molar-refractivity contribution in [1.29, 1.82) is 0 Å². The molecule has 0 spiro atoms. The number of hydrazone groups is 2. The maximum atomic E-state index is 11.5. The average molecular weight is 294 g/mol. The van der Waals surface area contributed by atoms with Crippen molar-refractivity contribution in [2.45, 2.75) is 13.8 Å². The quantitative estimate of drug-likeness (QED) is 0.660. The van der Waals surface area contributed by atoms with Gasteiger partial charge in [-0.2, -0.15) is 10.2 Å². The van der Waals surface area contributed by atoms with Gasteiger partial charge in [-0.3, -0.25) is 0 Å². The molecule has 0 atom stereocenters. The van der Waals surface area contributed by atoms with E-state index in [1.807, 2.05) is 62.4 Å². The molecule has 0 radical (unpaired) electrons. The summed E-state index contributed by atoms with van der Waals surface area (Å²) >= 11 is 0. The largest absolute Gasteiger partial charge is 0.355 e. The number of benzene rings is 2. The Kier molecular flexibility index (Phi) is 5.43. The van der Waals surface area contributed by atoms with E-state index in [0.717, 1.165) is 11.1 Å². The summed E-state index contributed by atoms with van der Waals surface area (Å²) in [5.74, 6) is 0. The van der Waals surface area contributed by atoms with Gasteiger partial charge in [0.05, 0.1) is 12.4 Å². The van der Waals surface area contributed by atoms with Gasteiger partial charge < -0.3 is 0 Å². The number of hydrogen-bond donors (Lipinski definition) is 2. The normalized spacial score (nSPS) is 11.0. The van der Waals surface area contributed by atoms with E-state index in [1.165, 1.54) is 11.1 Å². The summed E-state index contributed by atoms with van der Waals surface area (Å²) in [6.45, 7) is 4.03. The van der Waals surface area contributed by atoms with Crippen molar-refractivity contribution < 1.29 is 4.79 Å². The van der Waals surface area contributed by atoms with Crippen molar-refractivity contribution in [3.05, 3.63) is 70.8 Å². The molecule has 2 amide bonds. The highest BCUT2D eigenvalue weighted by molar-refractivity contribution is 5.83. The van der Waals surface area contributed by atoms with Crippen LogP contribution in [0.2, 0.25) is 0 Å². The molecule has 2 N–H and O–H groups in total. The molecule has 0 aliphatic heterocycles. The van der Waals surface area contributed by atoms with Crippen LogP contribution in [-0.4, -0.2) is 18.5 Å². The second-order valence-corrected chi connectivity index (χ2v) is 4.89. The smallest absolute Gasteiger partial charge is 0.245 e. The van der Waals surface area contributed by atoms with Crippen molar-refractivity contribution in [2.24, 2.45) is 10.2 Å². The summed E-state index contributed by atoms with van der Waals surface area (Å²) in [7, 11) is 0. The van der Waals surface area contributed by atoms with E-state index in [-0.39, 0.29) is 0 Å². The molecule has 0 aliphatic rings. The molecular weight excluding hydrogens is 276 g/mol. The number of carbonyl (C=O) groups is 1. The first-order chi connectivity index (χ1) is 10.6. The maximum Gasteiger partial charge on any atom is 0.355 e. The second-order valence-electron chi connectivity index (χ2n) is 4.89. The Morgan fingerprint density at radius 3 is 1.50 bits per heavy atom. The van der Waals surface area contributed by atoms with Gasteiger partial charge in [-0.15, -0.1) is 0 Å². The number of hydrogen-bond acceptors (Lipinski definition) is 3. The number of amides is 2. The highest BCUT2D eigenvalue weighted by Gasteiger charge is 1.94. The Morgan fingerprint density at radius 2 is 1.14 bits per heavy atom. The molecule has 5 heteroatoms. The molecule has 0 saturated heterocycles. The van der Waals surface area contributed by atoms with Gasteiger partial charge in [-0.1, -0.05) is 59.7 Å². The van der Waals surface area contributed by atoms with Crippen LogP contribution < -0.4 is 10.9 Å². The van der Waals surface area contributed by atoms with Crippen LogP contribution in [0.5, 0.6) is 0 Å². The Morgan fingerprint density at radius 1 is 0.773 bits per heavy atom. The standard InChI is InChI=1S/C17H18N4O/c1-13-3-7-15(8-4-13)11-18-20-17(22)21-19-12-16-9-5-14(2)6-10-16/h3-12H,1-2H3,(H2,20,21,22)/b18-11-,19-12+. The van der Waals surface area contributed by atoms with Crippen LogP contribution in [0.25, 0.3) is 0 Å². The first kappa shape index (κ1) is 15.4. The fourth-order valence-electron chi connectivity index (χ4n) is 1.66. The van der Waals surface area contributed by atoms with Gasteiger partial charge in [-0.25, -0.2) is 15.6 Å². The topological polar surface area (TPSA) is 65.8 Å². The van der Waals surface area contributed by atoms with Crippen molar-refractivity contribution in [3.8, 4) is 0 Å². The molecule has 2 rings (SSSR count). The third-order valence-electron chi connectivity index (χ3n) is 2.91. The fourth-order valence-corrected chi connectivity index (χ4v) is 1.66. The van der Waals surface area contributed by atoms with Crippen LogP contribution >= 0.6 is 0 Å². The number of nitrogens with zero attached hydrogens (tertiary/aromatic N) is 2. The molecular formula is C17H18N4O. The number of carbonyl (C=O) groups excluding carboxylic acids is 1. The first-order valence-corrected chi connectivity index (χ1v) is 6.89. The van der Waals surface area contributed by atoms with Crippen LogP contribution in [0.1, 0.15) is 22.3 Å². The molecule has 0 fully saturated rings. The van der Waals surface area contributed by atoms with E-state index in [1.54, 1.807) is 12.4 Å². The summed E-state index contributed by atoms with van der Waals surface area (Å²) < 4.78 is 0. The molecule has 2 aromatic carbocycles. The van der Waals surface area contributed by atoms with Gasteiger partial charge in [0.1, 0.15) is 0 Å². The average Bonchev–Trinajstić information content (AvgIpc) is 2.51. The predicted molar refractivity (Wildman–Crippen MR) is 89.2 cm³/mol. The molecule has 22 heavy (non-hydrogen) atoms. The molecule has 0 unspecified atom stereocenters. The van der Waals surface area contributed by atoms with E-state index < -0.39 is 6.03 Å². The lowest BCUT2D eigenvalue weighted by molar-refractivity contribution is 0.242. The molecule has 5 nitrogen and oxygen atoms in total. The highest BCUT2D eigenvalue weighted by Crippen LogP contribution is 2.00. The lowest BCUT2D eigenvalue weighted by atomic mass is 10.2. The van der Waals surface area contributed by atoms with E-state index in [2.05, 4.69) is 21.1 Å². The van der Waals surface area contributed by atoms with Crippen molar-refractivity contribution in [1.82, 2.24) is 10.9 Å². The minimum absolute atomic E-state index is 0.494. The Balaban J connectivity index is 1.78. The molecule has 0 bridgehead atoms. The van der Waals surface area contributed by atoms with Gasteiger partial charge >= 0.3 is 6.03 Å². The molecule has 112 valence electrons. The molecule has 0 saturated carbocycles. The summed E-state index contributed by atoms with van der Waals surface area (Å²) in [6, 6.07) is 15.1. The van der Waals surface area contributed by atoms with Crippen molar-refractivity contribution >= 4 is 18.5 Å². The van der Waals surface area contributed by atoms with Gasteiger partial charge in [0.2, 0.25) is 0 Å². The number of nitrogens with one attached hydrogen (secondary N) is 2. The van der Waals surface area contributed by atoms with E-state index in [9.17, 15) is 4.79 Å². The number of rotatable bonds is 4. The zero-order valence-electron chi connectivity index (χ0n) is 12.6. The minimum atomic E-state index is -0.494. The molecule has 0 heterocycles. The monoisotopic (exact) mass is 294 g/mol. The summed E-state index contributed by atoms with van der Waals surface area (Å²) in [4.78, 5) is 11.5. The van der Waals surface area contributed by atoms with Crippen LogP contribution in [0.3, 0.4) is 0 Å². The van der Waals surface area contributed by atoms with Crippen LogP contribution in [0, 0.1) is 13.8 Å². The lowest BCUT2D eigenvalue weighted by Gasteiger charge is -1.98. The second kappa shape index (κ2) is 7.73. The number of aryl methyl sites for hydroxylation is 2.